The average Bonchev–Trinajstić information content (AvgIpc) is 3.31. The van der Waals surface area contributed by atoms with Gasteiger partial charge in [0.15, 0.2) is 5.13 Å². The largest absolute Gasteiger partial charge is 0.378 e. The van der Waals surface area contributed by atoms with Crippen molar-refractivity contribution < 1.29 is 14.5 Å². The number of rotatable bonds is 6. The summed E-state index contributed by atoms with van der Waals surface area (Å²) in [6, 6.07) is 22.0. The Hall–Kier alpha value is -3.82. The summed E-state index contributed by atoms with van der Waals surface area (Å²) in [4.78, 5) is 33.4. The number of carbonyl (C=O) groups excluding carboxylic acids is 1. The number of morpholine rings is 1. The number of amides is 1. The van der Waals surface area contributed by atoms with Crippen LogP contribution in [0.4, 0.5) is 16.5 Å². The Morgan fingerprint density at radius 3 is 2.53 bits per heavy atom. The molecule has 1 amide bonds. The predicted octanol–water partition coefficient (Wildman–Crippen LogP) is 4.89. The van der Waals surface area contributed by atoms with E-state index in [-0.39, 0.29) is 17.2 Å². The molecule has 8 nitrogen and oxygen atoms in total. The van der Waals surface area contributed by atoms with Crippen LogP contribution < -0.4 is 9.80 Å². The summed E-state index contributed by atoms with van der Waals surface area (Å²) in [5.74, 6) is -0.334. The van der Waals surface area contributed by atoms with Crippen LogP contribution >= 0.6 is 11.3 Å². The lowest BCUT2D eigenvalue weighted by molar-refractivity contribution is -0.384. The number of nitrogens with zero attached hydrogens (tertiary/aromatic N) is 4. The fraction of sp³-hybridized carbons (Fsp3) is 0.200. The standard InChI is InChI=1S/C25H22N4O4S/c30-24(19-10-11-21(22(16-19)29(31)32)27-12-14-33-15-13-27)28(17-18-6-2-1-3-7-18)25-26-20-8-4-5-9-23(20)34-25/h1-11,16H,12-15,17H2. The van der Waals surface area contributed by atoms with Gasteiger partial charge in [-0.1, -0.05) is 53.8 Å². The second-order valence-corrected chi connectivity index (χ2v) is 8.91. The van der Waals surface area contributed by atoms with Crippen molar-refractivity contribution in [3.05, 3.63) is 94.0 Å². The molecule has 0 spiro atoms. The number of hydrogen-bond donors (Lipinski definition) is 0. The second-order valence-electron chi connectivity index (χ2n) is 7.90. The highest BCUT2D eigenvalue weighted by atomic mass is 32.1. The Labute approximate surface area is 200 Å². The zero-order valence-corrected chi connectivity index (χ0v) is 19.1. The Morgan fingerprint density at radius 2 is 1.79 bits per heavy atom. The molecule has 2 heterocycles. The van der Waals surface area contributed by atoms with Crippen molar-refractivity contribution in [1.82, 2.24) is 4.98 Å². The number of anilines is 2. The maximum absolute atomic E-state index is 13.7. The Bertz CT molecular complexity index is 1300. The van der Waals surface area contributed by atoms with Gasteiger partial charge in [-0.15, -0.1) is 0 Å². The van der Waals surface area contributed by atoms with Crippen LogP contribution in [0, 0.1) is 10.1 Å². The van der Waals surface area contributed by atoms with Gasteiger partial charge >= 0.3 is 0 Å². The van der Waals surface area contributed by atoms with Crippen molar-refractivity contribution in [3.8, 4) is 0 Å². The number of ether oxygens (including phenoxy) is 1. The van der Waals surface area contributed by atoms with Gasteiger partial charge in [0.2, 0.25) is 0 Å². The normalized spacial score (nSPS) is 13.7. The minimum absolute atomic E-state index is 0.0864. The highest BCUT2D eigenvalue weighted by molar-refractivity contribution is 7.22. The van der Waals surface area contributed by atoms with Crippen LogP contribution in [0.25, 0.3) is 10.2 Å². The van der Waals surface area contributed by atoms with Crippen LogP contribution in [0.5, 0.6) is 0 Å². The van der Waals surface area contributed by atoms with Gasteiger partial charge in [-0.2, -0.15) is 0 Å². The fourth-order valence-corrected chi connectivity index (χ4v) is 4.96. The van der Waals surface area contributed by atoms with Crippen LogP contribution in [0.15, 0.2) is 72.8 Å². The molecule has 5 rings (SSSR count). The molecule has 3 aromatic carbocycles. The average molecular weight is 475 g/mol. The molecule has 1 aromatic heterocycles. The van der Waals surface area contributed by atoms with Crippen LogP contribution in [-0.2, 0) is 11.3 Å². The number of fused-ring (bicyclic) bond motifs is 1. The molecule has 0 saturated carbocycles. The second kappa shape index (κ2) is 9.58. The molecule has 0 N–H and O–H groups in total. The summed E-state index contributed by atoms with van der Waals surface area (Å²) >= 11 is 1.42. The van der Waals surface area contributed by atoms with E-state index in [1.54, 1.807) is 17.0 Å². The first-order valence-corrected chi connectivity index (χ1v) is 11.7. The molecule has 1 saturated heterocycles. The van der Waals surface area contributed by atoms with E-state index in [1.807, 2.05) is 59.5 Å². The van der Waals surface area contributed by atoms with Crippen molar-refractivity contribution in [3.63, 3.8) is 0 Å². The van der Waals surface area contributed by atoms with Gasteiger partial charge in [0.1, 0.15) is 5.69 Å². The van der Waals surface area contributed by atoms with Gasteiger partial charge in [-0.05, 0) is 29.8 Å². The molecule has 0 aliphatic carbocycles. The summed E-state index contributed by atoms with van der Waals surface area (Å²) in [6.07, 6.45) is 0. The van der Waals surface area contributed by atoms with Crippen molar-refractivity contribution >= 4 is 44.0 Å². The van der Waals surface area contributed by atoms with Crippen LogP contribution in [0.3, 0.4) is 0 Å². The first-order chi connectivity index (χ1) is 16.6. The van der Waals surface area contributed by atoms with E-state index in [1.165, 1.54) is 17.4 Å². The smallest absolute Gasteiger partial charge is 0.293 e. The summed E-state index contributed by atoms with van der Waals surface area (Å²) < 4.78 is 6.34. The molecule has 9 heteroatoms. The highest BCUT2D eigenvalue weighted by Gasteiger charge is 2.27. The third-order valence-corrected chi connectivity index (χ3v) is 6.77. The van der Waals surface area contributed by atoms with Crippen molar-refractivity contribution in [2.75, 3.05) is 36.1 Å². The monoisotopic (exact) mass is 474 g/mol. The highest BCUT2D eigenvalue weighted by Crippen LogP contribution is 2.33. The number of nitro groups is 1. The van der Waals surface area contributed by atoms with E-state index in [0.29, 0.717) is 43.7 Å². The zero-order chi connectivity index (χ0) is 23.5. The number of benzene rings is 3. The van der Waals surface area contributed by atoms with E-state index in [9.17, 15) is 14.9 Å². The molecule has 4 aromatic rings. The molecular formula is C25H22N4O4S. The molecule has 1 aliphatic heterocycles. The Balaban J connectivity index is 1.53. The number of hydrogen-bond acceptors (Lipinski definition) is 7. The molecule has 1 fully saturated rings. The third-order valence-electron chi connectivity index (χ3n) is 5.71. The van der Waals surface area contributed by atoms with Gasteiger partial charge in [-0.25, -0.2) is 4.98 Å². The zero-order valence-electron chi connectivity index (χ0n) is 18.3. The van der Waals surface area contributed by atoms with Gasteiger partial charge in [0.25, 0.3) is 11.6 Å². The molecule has 172 valence electrons. The van der Waals surface area contributed by atoms with Crippen LogP contribution in [0.2, 0.25) is 0 Å². The lowest BCUT2D eigenvalue weighted by atomic mass is 10.1. The lowest BCUT2D eigenvalue weighted by Crippen LogP contribution is -2.36. The first kappa shape index (κ1) is 22.0. The van der Waals surface area contributed by atoms with E-state index in [2.05, 4.69) is 4.98 Å². The van der Waals surface area contributed by atoms with Crippen molar-refractivity contribution in [1.29, 1.82) is 0 Å². The molecule has 0 atom stereocenters. The molecule has 0 radical (unpaired) electrons. The number of aromatic nitrogens is 1. The minimum Gasteiger partial charge on any atom is -0.378 e. The summed E-state index contributed by atoms with van der Waals surface area (Å²) in [5.41, 5.74) is 2.41. The van der Waals surface area contributed by atoms with Crippen molar-refractivity contribution in [2.24, 2.45) is 0 Å². The molecule has 0 bridgehead atoms. The SMILES string of the molecule is O=C(c1ccc(N2CCOCC2)c([N+](=O)[O-])c1)N(Cc1ccccc1)c1nc2ccccc2s1. The molecule has 0 unspecified atom stereocenters. The fourth-order valence-electron chi connectivity index (χ4n) is 4.00. The Kier molecular flexibility index (Phi) is 6.20. The lowest BCUT2D eigenvalue weighted by Gasteiger charge is -2.28. The quantitative estimate of drug-likeness (QED) is 0.292. The summed E-state index contributed by atoms with van der Waals surface area (Å²) in [6.45, 7) is 2.47. The number of para-hydroxylation sites is 1. The first-order valence-electron chi connectivity index (χ1n) is 10.9. The van der Waals surface area contributed by atoms with Crippen LogP contribution in [0.1, 0.15) is 15.9 Å². The third kappa shape index (κ3) is 4.48. The topological polar surface area (TPSA) is 88.8 Å². The minimum atomic E-state index is -0.430. The van der Waals surface area contributed by atoms with E-state index < -0.39 is 4.92 Å². The predicted molar refractivity (Wildman–Crippen MR) is 133 cm³/mol. The number of carbonyl (C=O) groups is 1. The number of nitro benzene ring substituents is 1. The van der Waals surface area contributed by atoms with Crippen molar-refractivity contribution in [2.45, 2.75) is 6.54 Å². The van der Waals surface area contributed by atoms with Crippen LogP contribution in [-0.4, -0.2) is 42.1 Å². The van der Waals surface area contributed by atoms with E-state index in [0.717, 1.165) is 15.8 Å². The number of thiazole rings is 1. The maximum Gasteiger partial charge on any atom is 0.293 e. The maximum atomic E-state index is 13.7. The molecule has 1 aliphatic rings. The molecule has 34 heavy (non-hydrogen) atoms. The van der Waals surface area contributed by atoms with Gasteiger partial charge in [-0.3, -0.25) is 19.8 Å². The van der Waals surface area contributed by atoms with Gasteiger partial charge < -0.3 is 9.64 Å². The summed E-state index contributed by atoms with van der Waals surface area (Å²) in [7, 11) is 0. The van der Waals surface area contributed by atoms with Gasteiger partial charge in [0, 0.05) is 24.7 Å². The van der Waals surface area contributed by atoms with E-state index >= 15 is 0 Å². The Morgan fingerprint density at radius 1 is 1.06 bits per heavy atom. The molecular weight excluding hydrogens is 452 g/mol. The van der Waals surface area contributed by atoms with E-state index in [4.69, 9.17) is 4.74 Å². The van der Waals surface area contributed by atoms with Gasteiger partial charge in [0.05, 0.1) is 34.9 Å². The summed E-state index contributed by atoms with van der Waals surface area (Å²) in [5, 5.41) is 12.5.